The molecule has 1 unspecified atom stereocenters. The molecule has 1 N–H and O–H groups in total. The van der Waals surface area contributed by atoms with Gasteiger partial charge in [0.1, 0.15) is 6.17 Å². The second-order valence-corrected chi connectivity index (χ2v) is 13.2. The number of benzene rings is 6. The van der Waals surface area contributed by atoms with E-state index >= 15 is 0 Å². The van der Waals surface area contributed by atoms with Crippen LogP contribution in [-0.2, 0) is 0 Å². The number of allylic oxidation sites excluding steroid dienone is 4. The van der Waals surface area contributed by atoms with Crippen LogP contribution in [0.15, 0.2) is 157 Å². The van der Waals surface area contributed by atoms with E-state index in [1.54, 1.807) is 0 Å². The van der Waals surface area contributed by atoms with Crippen LogP contribution in [-0.4, -0.2) is 39.0 Å². The fraction of sp³-hybridized carbons (Fsp3) is 0.0682. The van der Waals surface area contributed by atoms with Crippen LogP contribution >= 0.6 is 0 Å². The Morgan fingerprint density at radius 2 is 1.37 bits per heavy atom. The van der Waals surface area contributed by atoms with Gasteiger partial charge in [-0.25, -0.2) is 0 Å². The maximum atomic E-state index is 5.04. The highest BCUT2D eigenvalue weighted by molar-refractivity contribution is 6.39. The molecule has 0 saturated heterocycles. The lowest BCUT2D eigenvalue weighted by molar-refractivity contribution is 0.393. The van der Waals surface area contributed by atoms with Gasteiger partial charge in [0.25, 0.3) is 0 Å². The van der Waals surface area contributed by atoms with Crippen molar-refractivity contribution in [3.05, 3.63) is 158 Å². The standard InChI is InChI=1S/C44H31N5/c1-2-12-32-28(10-1)20-23-36-41-40-35-15-5-6-16-38(35)48(31-11-9-24-45-26-31)43(40)33-13-3-4-14-34(33)44(41)49(42(32)36)30-21-18-29(19-22-30)37-27-47-25-8-7-17-39(47)46-37/h1-23,25-26,39,45H,24,27H2. The first-order valence-electron chi connectivity index (χ1n) is 17.0. The number of fused-ring (bicyclic) bond motifs is 13. The molecular formula is C44H31N5. The van der Waals surface area contributed by atoms with Crippen LogP contribution in [0.25, 0.3) is 76.5 Å². The van der Waals surface area contributed by atoms with Crippen molar-refractivity contribution in [2.24, 2.45) is 4.99 Å². The fourth-order valence-electron chi connectivity index (χ4n) is 8.45. The van der Waals surface area contributed by atoms with Crippen LogP contribution in [0.3, 0.4) is 0 Å². The molecule has 49 heavy (non-hydrogen) atoms. The van der Waals surface area contributed by atoms with E-state index in [0.717, 1.165) is 30.2 Å². The summed E-state index contributed by atoms with van der Waals surface area (Å²) in [4.78, 5) is 7.32. The molecule has 5 heterocycles. The number of aliphatic imine (C=N–C) groups is 1. The van der Waals surface area contributed by atoms with Crippen molar-refractivity contribution in [1.29, 1.82) is 0 Å². The molecule has 232 valence electrons. The van der Waals surface area contributed by atoms with E-state index in [1.807, 2.05) is 0 Å². The normalized spacial score (nSPS) is 17.1. The van der Waals surface area contributed by atoms with Crippen LogP contribution in [0.2, 0.25) is 0 Å². The molecule has 3 aliphatic heterocycles. The minimum absolute atomic E-state index is 0.0925. The van der Waals surface area contributed by atoms with Crippen molar-refractivity contribution < 1.29 is 0 Å². The molecule has 0 fully saturated rings. The molecule has 5 heteroatoms. The molecule has 1 atom stereocenters. The first kappa shape index (κ1) is 26.7. The van der Waals surface area contributed by atoms with Crippen molar-refractivity contribution in [3.8, 4) is 5.69 Å². The minimum Gasteiger partial charge on any atom is -0.386 e. The van der Waals surface area contributed by atoms with Crippen LogP contribution in [0.1, 0.15) is 5.56 Å². The molecule has 0 amide bonds. The number of aromatic nitrogens is 2. The van der Waals surface area contributed by atoms with E-state index in [1.165, 1.54) is 70.7 Å². The van der Waals surface area contributed by atoms with E-state index < -0.39 is 0 Å². The van der Waals surface area contributed by atoms with Gasteiger partial charge in [0.2, 0.25) is 0 Å². The molecular weight excluding hydrogens is 599 g/mol. The van der Waals surface area contributed by atoms with Crippen LogP contribution < -0.4 is 5.32 Å². The molecule has 0 bridgehead atoms. The van der Waals surface area contributed by atoms with E-state index in [0.29, 0.717) is 0 Å². The SMILES string of the molecule is C1=CC2N=C(c3ccc(-n4c5c6ccccc6ccc5c5c6c7ccccc7n(C7=CNCC=C7)c6c6ccccc6c54)cc3)CN2C=C1. The number of para-hydroxylation sites is 1. The fourth-order valence-corrected chi connectivity index (χ4v) is 8.45. The van der Waals surface area contributed by atoms with Crippen LogP contribution in [0, 0.1) is 0 Å². The molecule has 2 aromatic heterocycles. The minimum atomic E-state index is 0.0925. The maximum Gasteiger partial charge on any atom is 0.140 e. The van der Waals surface area contributed by atoms with Crippen molar-refractivity contribution in [3.63, 3.8) is 0 Å². The zero-order valence-corrected chi connectivity index (χ0v) is 26.7. The smallest absolute Gasteiger partial charge is 0.140 e. The second-order valence-electron chi connectivity index (χ2n) is 13.2. The highest BCUT2D eigenvalue weighted by atomic mass is 15.3. The van der Waals surface area contributed by atoms with Gasteiger partial charge in [-0.05, 0) is 47.4 Å². The average Bonchev–Trinajstić information content (AvgIpc) is 3.86. The molecule has 3 aliphatic rings. The van der Waals surface area contributed by atoms with Gasteiger partial charge >= 0.3 is 0 Å². The van der Waals surface area contributed by atoms with E-state index in [9.17, 15) is 0 Å². The second kappa shape index (κ2) is 10.1. The quantitative estimate of drug-likeness (QED) is 0.211. The summed E-state index contributed by atoms with van der Waals surface area (Å²) in [6, 6.07) is 40.4. The highest BCUT2D eigenvalue weighted by Gasteiger charge is 2.27. The number of nitrogens with zero attached hydrogens (tertiary/aromatic N) is 4. The van der Waals surface area contributed by atoms with Gasteiger partial charge in [-0.2, -0.15) is 0 Å². The van der Waals surface area contributed by atoms with E-state index in [-0.39, 0.29) is 6.17 Å². The summed E-state index contributed by atoms with van der Waals surface area (Å²) >= 11 is 0. The molecule has 5 nitrogen and oxygen atoms in total. The van der Waals surface area contributed by atoms with Gasteiger partial charge in [0, 0.05) is 62.3 Å². The van der Waals surface area contributed by atoms with Crippen molar-refractivity contribution in [2.75, 3.05) is 13.1 Å². The maximum absolute atomic E-state index is 5.04. The van der Waals surface area contributed by atoms with Gasteiger partial charge in [-0.3, -0.25) is 4.99 Å². The Balaban J connectivity index is 1.29. The first-order valence-corrected chi connectivity index (χ1v) is 17.0. The molecule has 0 saturated carbocycles. The van der Waals surface area contributed by atoms with Gasteiger partial charge in [0.15, 0.2) is 0 Å². The topological polar surface area (TPSA) is 37.5 Å². The largest absolute Gasteiger partial charge is 0.386 e. The van der Waals surface area contributed by atoms with Crippen molar-refractivity contribution >= 4 is 76.6 Å². The highest BCUT2D eigenvalue weighted by Crippen LogP contribution is 2.48. The van der Waals surface area contributed by atoms with Gasteiger partial charge in [0.05, 0.1) is 40.0 Å². The van der Waals surface area contributed by atoms with Crippen LogP contribution in [0.5, 0.6) is 0 Å². The Labute approximate surface area is 282 Å². The third-order valence-corrected chi connectivity index (χ3v) is 10.5. The predicted molar refractivity (Wildman–Crippen MR) is 206 cm³/mol. The van der Waals surface area contributed by atoms with Crippen molar-refractivity contribution in [1.82, 2.24) is 19.4 Å². The Bertz CT molecular complexity index is 2860. The summed E-state index contributed by atoms with van der Waals surface area (Å²) in [5.74, 6) is 0. The number of nitrogens with one attached hydrogen (secondary N) is 1. The summed E-state index contributed by atoms with van der Waals surface area (Å²) < 4.78 is 4.98. The molecule has 0 aliphatic carbocycles. The monoisotopic (exact) mass is 629 g/mol. The van der Waals surface area contributed by atoms with Crippen LogP contribution in [0.4, 0.5) is 0 Å². The third kappa shape index (κ3) is 3.73. The lowest BCUT2D eigenvalue weighted by Crippen LogP contribution is -2.25. The zero-order chi connectivity index (χ0) is 32.1. The van der Waals surface area contributed by atoms with Gasteiger partial charge in [-0.15, -0.1) is 0 Å². The summed E-state index contributed by atoms with van der Waals surface area (Å²) in [5.41, 5.74) is 9.50. The summed E-state index contributed by atoms with van der Waals surface area (Å²) in [6.07, 6.45) is 15.2. The third-order valence-electron chi connectivity index (χ3n) is 10.5. The average molecular weight is 630 g/mol. The molecule has 6 aromatic carbocycles. The zero-order valence-electron chi connectivity index (χ0n) is 26.7. The molecule has 0 spiro atoms. The lowest BCUT2D eigenvalue weighted by Gasteiger charge is -2.19. The Morgan fingerprint density at radius 1 is 0.633 bits per heavy atom. The molecule has 11 rings (SSSR count). The van der Waals surface area contributed by atoms with Gasteiger partial charge in [-0.1, -0.05) is 103 Å². The summed E-state index contributed by atoms with van der Waals surface area (Å²) in [7, 11) is 0. The first-order chi connectivity index (χ1) is 24.3. The lowest BCUT2D eigenvalue weighted by atomic mass is 9.98. The number of rotatable bonds is 3. The molecule has 0 radical (unpaired) electrons. The molecule has 8 aromatic rings. The Kier molecular flexibility index (Phi) is 5.50. The Morgan fingerprint density at radius 3 is 2.16 bits per heavy atom. The summed E-state index contributed by atoms with van der Waals surface area (Å²) in [6.45, 7) is 1.66. The predicted octanol–water partition coefficient (Wildman–Crippen LogP) is 9.67. The summed E-state index contributed by atoms with van der Waals surface area (Å²) in [5, 5.41) is 13.5. The number of hydrogen-bond acceptors (Lipinski definition) is 3. The Hall–Kier alpha value is -6.33. The van der Waals surface area contributed by atoms with E-state index in [2.05, 4.69) is 171 Å². The van der Waals surface area contributed by atoms with Gasteiger partial charge < -0.3 is 19.4 Å². The van der Waals surface area contributed by atoms with Crippen molar-refractivity contribution in [2.45, 2.75) is 6.17 Å². The number of dihydropyridines is 1. The number of hydrogen-bond donors (Lipinski definition) is 1. The van der Waals surface area contributed by atoms with E-state index in [4.69, 9.17) is 4.99 Å².